The van der Waals surface area contributed by atoms with Gasteiger partial charge in [0.1, 0.15) is 0 Å². The molecule has 0 fully saturated rings. The van der Waals surface area contributed by atoms with Crippen molar-refractivity contribution in [1.82, 2.24) is 19.7 Å². The van der Waals surface area contributed by atoms with Gasteiger partial charge in [-0.1, -0.05) is 29.3 Å². The normalized spacial score (nSPS) is 13.9. The van der Waals surface area contributed by atoms with E-state index in [1.165, 1.54) is 0 Å². The molecule has 3 aromatic rings. The Kier molecular flexibility index (Phi) is 5.59. The van der Waals surface area contributed by atoms with Crippen LogP contribution in [0.3, 0.4) is 0 Å². The molecule has 1 amide bonds. The monoisotopic (exact) mass is 422 g/mol. The molecule has 1 aromatic carbocycles. The van der Waals surface area contributed by atoms with E-state index < -0.39 is 0 Å². The number of benzene rings is 1. The molecule has 4 rings (SSSR count). The molecule has 1 aliphatic heterocycles. The molecule has 0 saturated carbocycles. The molecule has 2 N–H and O–H groups in total. The molecule has 28 heavy (non-hydrogen) atoms. The number of H-pyrrole nitrogens is 1. The fourth-order valence-corrected chi connectivity index (χ4v) is 4.15. The van der Waals surface area contributed by atoms with Gasteiger partial charge >= 0.3 is 0 Å². The summed E-state index contributed by atoms with van der Waals surface area (Å²) in [7, 11) is 0. The van der Waals surface area contributed by atoms with Gasteiger partial charge in [-0.05, 0) is 6.07 Å². The average molecular weight is 423 g/mol. The Morgan fingerprint density at radius 3 is 2.89 bits per heavy atom. The second-order valence-corrected chi connectivity index (χ2v) is 7.40. The summed E-state index contributed by atoms with van der Waals surface area (Å²) in [5, 5.41) is 17.7. The van der Waals surface area contributed by atoms with Crippen LogP contribution in [0.5, 0.6) is 0 Å². The summed E-state index contributed by atoms with van der Waals surface area (Å²) in [5.74, 6) is 0.0247. The highest BCUT2D eigenvalue weighted by Crippen LogP contribution is 2.42. The molecule has 0 spiro atoms. The maximum atomic E-state index is 12.6. The van der Waals surface area contributed by atoms with Crippen LogP contribution in [0.1, 0.15) is 12.1 Å². The summed E-state index contributed by atoms with van der Waals surface area (Å²) in [5.41, 5.74) is 3.85. The van der Waals surface area contributed by atoms with E-state index in [2.05, 4.69) is 14.8 Å². The van der Waals surface area contributed by atoms with E-state index >= 15 is 0 Å². The van der Waals surface area contributed by atoms with Crippen molar-refractivity contribution in [3.8, 4) is 11.1 Å². The summed E-state index contributed by atoms with van der Waals surface area (Å²) >= 11 is 12.8. The Morgan fingerprint density at radius 1 is 1.29 bits per heavy atom. The number of hydrogen-bond donors (Lipinski definition) is 2. The number of aliphatic hydroxyl groups excluding tert-OH is 1. The molecule has 148 valence electrons. The standard InChI is InChI=1S/C19H20Cl2N4O3/c20-14-2-1-13-17(12-9-22-23-10-12)15-11-24(16(27)3-7-28-8-6-26)4-5-25(15)19(13)18(14)21/h1-2,9-10,26H,3-8,11H2,(H,22,23). The lowest BCUT2D eigenvalue weighted by atomic mass is 10.0. The number of hydrogen-bond acceptors (Lipinski definition) is 4. The van der Waals surface area contributed by atoms with E-state index in [-0.39, 0.29) is 25.5 Å². The molecule has 9 heteroatoms. The van der Waals surface area contributed by atoms with Crippen molar-refractivity contribution in [3.05, 3.63) is 40.3 Å². The number of halogens is 2. The van der Waals surface area contributed by atoms with Gasteiger partial charge in [-0.3, -0.25) is 9.89 Å². The van der Waals surface area contributed by atoms with Crippen molar-refractivity contribution in [1.29, 1.82) is 0 Å². The lowest BCUT2D eigenvalue weighted by molar-refractivity contribution is -0.133. The average Bonchev–Trinajstić information content (AvgIpc) is 3.33. The Labute approximate surface area is 171 Å². The Balaban J connectivity index is 1.71. The molecule has 7 nitrogen and oxygen atoms in total. The number of fused-ring (bicyclic) bond motifs is 3. The fraction of sp³-hybridized carbons (Fsp3) is 0.368. The molecular formula is C19H20Cl2N4O3. The number of aliphatic hydroxyl groups is 1. The second-order valence-electron chi connectivity index (χ2n) is 6.62. The zero-order chi connectivity index (χ0) is 19.7. The van der Waals surface area contributed by atoms with E-state index in [4.69, 9.17) is 33.0 Å². The number of rotatable bonds is 6. The minimum absolute atomic E-state index is 0.0247. The zero-order valence-electron chi connectivity index (χ0n) is 15.1. The first kappa shape index (κ1) is 19.3. The highest BCUT2D eigenvalue weighted by Gasteiger charge is 2.28. The molecular weight excluding hydrogens is 403 g/mol. The summed E-state index contributed by atoms with van der Waals surface area (Å²) in [6.07, 6.45) is 3.89. The maximum Gasteiger partial charge on any atom is 0.225 e. The van der Waals surface area contributed by atoms with Crippen LogP contribution in [0.2, 0.25) is 10.0 Å². The van der Waals surface area contributed by atoms with Gasteiger partial charge in [-0.15, -0.1) is 0 Å². The van der Waals surface area contributed by atoms with Gasteiger partial charge in [0.25, 0.3) is 0 Å². The van der Waals surface area contributed by atoms with Gasteiger partial charge in [0.05, 0.1) is 54.5 Å². The maximum absolute atomic E-state index is 12.6. The van der Waals surface area contributed by atoms with Gasteiger partial charge in [-0.25, -0.2) is 0 Å². The van der Waals surface area contributed by atoms with Crippen LogP contribution in [0.25, 0.3) is 22.0 Å². The van der Waals surface area contributed by atoms with Gasteiger partial charge in [-0.2, -0.15) is 5.10 Å². The quantitative estimate of drug-likeness (QED) is 0.597. The molecule has 3 heterocycles. The number of amides is 1. The smallest absolute Gasteiger partial charge is 0.225 e. The summed E-state index contributed by atoms with van der Waals surface area (Å²) in [6.45, 7) is 2.19. The van der Waals surface area contributed by atoms with Crippen LogP contribution in [0.15, 0.2) is 24.5 Å². The Bertz CT molecular complexity index is 1000. The van der Waals surface area contributed by atoms with Crippen LogP contribution < -0.4 is 0 Å². The highest BCUT2D eigenvalue weighted by molar-refractivity contribution is 6.45. The summed E-state index contributed by atoms with van der Waals surface area (Å²) in [6, 6.07) is 3.76. The summed E-state index contributed by atoms with van der Waals surface area (Å²) < 4.78 is 7.38. The zero-order valence-corrected chi connectivity index (χ0v) is 16.6. The van der Waals surface area contributed by atoms with E-state index in [0.29, 0.717) is 36.3 Å². The molecule has 0 saturated heterocycles. The van der Waals surface area contributed by atoms with Crippen molar-refractivity contribution in [2.45, 2.75) is 19.5 Å². The van der Waals surface area contributed by atoms with E-state index in [1.807, 2.05) is 17.2 Å². The largest absolute Gasteiger partial charge is 0.394 e. The Morgan fingerprint density at radius 2 is 2.14 bits per heavy atom. The molecule has 1 aliphatic rings. The van der Waals surface area contributed by atoms with Crippen LogP contribution in [-0.2, 0) is 22.6 Å². The van der Waals surface area contributed by atoms with E-state index in [0.717, 1.165) is 27.7 Å². The van der Waals surface area contributed by atoms with Crippen LogP contribution >= 0.6 is 23.2 Å². The first-order valence-corrected chi connectivity index (χ1v) is 9.82. The first-order valence-electron chi connectivity index (χ1n) is 9.06. The van der Waals surface area contributed by atoms with Gasteiger partial charge < -0.3 is 19.3 Å². The molecule has 0 atom stereocenters. The minimum atomic E-state index is -0.0462. The molecule has 0 unspecified atom stereocenters. The number of ether oxygens (including phenoxy) is 1. The van der Waals surface area contributed by atoms with E-state index in [9.17, 15) is 4.79 Å². The Hall–Kier alpha value is -2.06. The molecule has 0 radical (unpaired) electrons. The second kappa shape index (κ2) is 8.13. The third-order valence-electron chi connectivity index (χ3n) is 4.99. The fourth-order valence-electron chi connectivity index (χ4n) is 3.73. The van der Waals surface area contributed by atoms with Crippen molar-refractivity contribution >= 4 is 40.0 Å². The number of nitrogens with zero attached hydrogens (tertiary/aromatic N) is 3. The van der Waals surface area contributed by atoms with Crippen molar-refractivity contribution < 1.29 is 14.6 Å². The lowest BCUT2D eigenvalue weighted by Gasteiger charge is -2.30. The number of aromatic amines is 1. The van der Waals surface area contributed by atoms with Gasteiger partial charge in [0, 0.05) is 41.5 Å². The lowest BCUT2D eigenvalue weighted by Crippen LogP contribution is -2.38. The molecule has 0 bridgehead atoms. The third kappa shape index (κ3) is 3.39. The minimum Gasteiger partial charge on any atom is -0.394 e. The van der Waals surface area contributed by atoms with Crippen LogP contribution in [0.4, 0.5) is 0 Å². The number of carbonyl (C=O) groups is 1. The molecule has 2 aromatic heterocycles. The number of nitrogens with one attached hydrogen (secondary N) is 1. The third-order valence-corrected chi connectivity index (χ3v) is 5.79. The summed E-state index contributed by atoms with van der Waals surface area (Å²) in [4.78, 5) is 14.4. The van der Waals surface area contributed by atoms with Crippen LogP contribution in [0, 0.1) is 0 Å². The predicted octanol–water partition coefficient (Wildman–Crippen LogP) is 3.08. The van der Waals surface area contributed by atoms with Crippen molar-refractivity contribution in [3.63, 3.8) is 0 Å². The van der Waals surface area contributed by atoms with Crippen molar-refractivity contribution in [2.24, 2.45) is 0 Å². The molecule has 0 aliphatic carbocycles. The van der Waals surface area contributed by atoms with Crippen molar-refractivity contribution in [2.75, 3.05) is 26.4 Å². The number of carbonyl (C=O) groups excluding carboxylic acids is 1. The first-order chi connectivity index (χ1) is 13.6. The topological polar surface area (TPSA) is 83.4 Å². The predicted molar refractivity (Wildman–Crippen MR) is 107 cm³/mol. The van der Waals surface area contributed by atoms with Gasteiger partial charge in [0.15, 0.2) is 0 Å². The highest BCUT2D eigenvalue weighted by atomic mass is 35.5. The number of aromatic nitrogens is 3. The van der Waals surface area contributed by atoms with Crippen LogP contribution in [-0.4, -0.2) is 57.0 Å². The SMILES string of the molecule is O=C(CCOCCO)N1CCn2c(c(-c3cn[nH]c3)c3ccc(Cl)c(Cl)c32)C1. The van der Waals surface area contributed by atoms with E-state index in [1.54, 1.807) is 12.3 Å². The van der Waals surface area contributed by atoms with Gasteiger partial charge in [0.2, 0.25) is 5.91 Å².